The molecule has 1 aliphatic heterocycles. The van der Waals surface area contributed by atoms with E-state index in [2.05, 4.69) is 40.2 Å². The third-order valence-corrected chi connectivity index (χ3v) is 4.13. The summed E-state index contributed by atoms with van der Waals surface area (Å²) in [7, 11) is 0. The maximum absolute atomic E-state index is 9.24. The van der Waals surface area contributed by atoms with Gasteiger partial charge in [0.15, 0.2) is 11.4 Å². The van der Waals surface area contributed by atoms with Gasteiger partial charge in [-0.1, -0.05) is 30.3 Å². The maximum atomic E-state index is 9.24. The van der Waals surface area contributed by atoms with E-state index in [1.54, 1.807) is 10.9 Å². The van der Waals surface area contributed by atoms with Crippen LogP contribution in [0.5, 0.6) is 0 Å². The van der Waals surface area contributed by atoms with Gasteiger partial charge in [-0.05, 0) is 12.0 Å². The molecule has 1 atom stereocenters. The van der Waals surface area contributed by atoms with Crippen LogP contribution < -0.4 is 0 Å². The molecule has 122 valence electrons. The first kappa shape index (κ1) is 16.2. The number of nitriles is 2. The third kappa shape index (κ3) is 3.80. The zero-order valence-corrected chi connectivity index (χ0v) is 13.4. The molecule has 0 spiro atoms. The smallest absolute Gasteiger partial charge is 0.176 e. The molecule has 0 saturated carbocycles. The van der Waals surface area contributed by atoms with Crippen LogP contribution in [0, 0.1) is 22.7 Å². The molecule has 0 radical (unpaired) electrons. The average Bonchev–Trinajstić information content (AvgIpc) is 2.87. The number of nitrogens with zero attached hydrogens (tertiary/aromatic N) is 5. The quantitative estimate of drug-likeness (QED) is 0.859. The Morgan fingerprint density at radius 2 is 2.04 bits per heavy atom. The van der Waals surface area contributed by atoms with Crippen molar-refractivity contribution in [1.82, 2.24) is 14.5 Å². The van der Waals surface area contributed by atoms with Crippen LogP contribution in [0.25, 0.3) is 0 Å². The Balaban J connectivity index is 1.68. The first-order chi connectivity index (χ1) is 11.8. The minimum absolute atomic E-state index is 0.0240. The van der Waals surface area contributed by atoms with Gasteiger partial charge in [-0.3, -0.25) is 4.90 Å². The van der Waals surface area contributed by atoms with Crippen molar-refractivity contribution in [3.8, 4) is 12.1 Å². The van der Waals surface area contributed by atoms with Crippen LogP contribution in [0.2, 0.25) is 0 Å². The molecule has 6 nitrogen and oxygen atoms in total. The summed E-state index contributed by atoms with van der Waals surface area (Å²) in [4.78, 5) is 6.37. The summed E-state index contributed by atoms with van der Waals surface area (Å²) in [6.07, 6.45) is 2.51. The second-order valence-electron chi connectivity index (χ2n) is 5.88. The van der Waals surface area contributed by atoms with Crippen LogP contribution in [0.1, 0.15) is 23.4 Å². The van der Waals surface area contributed by atoms with Gasteiger partial charge in [0.05, 0.1) is 19.0 Å². The van der Waals surface area contributed by atoms with Crippen molar-refractivity contribution in [2.24, 2.45) is 0 Å². The molecule has 1 aliphatic rings. The molecule has 24 heavy (non-hydrogen) atoms. The van der Waals surface area contributed by atoms with E-state index in [0.717, 1.165) is 26.1 Å². The molecule has 2 aromatic rings. The molecule has 0 N–H and O–H groups in total. The van der Waals surface area contributed by atoms with E-state index in [9.17, 15) is 5.26 Å². The minimum Gasteiger partial charge on any atom is -0.375 e. The van der Waals surface area contributed by atoms with Gasteiger partial charge in [-0.15, -0.1) is 0 Å². The summed E-state index contributed by atoms with van der Waals surface area (Å²) in [6.45, 7) is 3.91. The number of ether oxygens (including phenoxy) is 1. The fourth-order valence-electron chi connectivity index (χ4n) is 3.00. The largest absolute Gasteiger partial charge is 0.375 e. The van der Waals surface area contributed by atoms with E-state index in [1.807, 2.05) is 12.1 Å². The summed E-state index contributed by atoms with van der Waals surface area (Å²) >= 11 is 0. The van der Waals surface area contributed by atoms with Crippen molar-refractivity contribution in [3.05, 3.63) is 53.6 Å². The predicted molar refractivity (Wildman–Crippen MR) is 87.7 cm³/mol. The first-order valence-electron chi connectivity index (χ1n) is 8.03. The predicted octanol–water partition coefficient (Wildman–Crippen LogP) is 1.92. The first-order valence-corrected chi connectivity index (χ1v) is 8.03. The van der Waals surface area contributed by atoms with E-state index >= 15 is 0 Å². The molecule has 0 bridgehead atoms. The normalized spacial score (nSPS) is 18.5. The molecule has 0 unspecified atom stereocenters. The highest BCUT2D eigenvalue weighted by molar-refractivity contribution is 5.36. The zero-order chi connectivity index (χ0) is 16.8. The Morgan fingerprint density at radius 1 is 1.21 bits per heavy atom. The number of hydrogen-bond donors (Lipinski definition) is 0. The summed E-state index contributed by atoms with van der Waals surface area (Å²) in [5.41, 5.74) is 1.76. The van der Waals surface area contributed by atoms with Gasteiger partial charge in [-0.25, -0.2) is 4.98 Å². The summed E-state index contributed by atoms with van der Waals surface area (Å²) in [5.74, 6) is 0. The van der Waals surface area contributed by atoms with Crippen LogP contribution in [-0.2, 0) is 17.8 Å². The second-order valence-corrected chi connectivity index (χ2v) is 5.88. The van der Waals surface area contributed by atoms with Crippen molar-refractivity contribution in [2.45, 2.75) is 25.6 Å². The van der Waals surface area contributed by atoms with Gasteiger partial charge in [0.25, 0.3) is 0 Å². The van der Waals surface area contributed by atoms with E-state index < -0.39 is 0 Å². The zero-order valence-electron chi connectivity index (χ0n) is 13.4. The van der Waals surface area contributed by atoms with E-state index in [0.29, 0.717) is 18.8 Å². The lowest BCUT2D eigenvalue weighted by Crippen LogP contribution is -2.34. The lowest BCUT2D eigenvalue weighted by molar-refractivity contribution is 0.0413. The Labute approximate surface area is 141 Å². The van der Waals surface area contributed by atoms with E-state index in [-0.39, 0.29) is 11.8 Å². The van der Waals surface area contributed by atoms with Gasteiger partial charge in [-0.2, -0.15) is 10.5 Å². The summed E-state index contributed by atoms with van der Waals surface area (Å²) in [5, 5.41) is 18.2. The molecule has 0 amide bonds. The molecule has 0 aliphatic carbocycles. The van der Waals surface area contributed by atoms with Crippen molar-refractivity contribution in [2.75, 3.05) is 19.7 Å². The fraction of sp³-hybridized carbons (Fsp3) is 0.389. The second kappa shape index (κ2) is 7.74. The van der Waals surface area contributed by atoms with Crippen molar-refractivity contribution < 1.29 is 4.74 Å². The van der Waals surface area contributed by atoms with Crippen LogP contribution in [0.3, 0.4) is 0 Å². The minimum atomic E-state index is -0.0240. The van der Waals surface area contributed by atoms with Gasteiger partial charge in [0.2, 0.25) is 0 Å². The molecular weight excluding hydrogens is 302 g/mol. The number of hydrogen-bond acceptors (Lipinski definition) is 5. The molecule has 6 heteroatoms. The van der Waals surface area contributed by atoms with Crippen LogP contribution >= 0.6 is 0 Å². The Kier molecular flexibility index (Phi) is 5.22. The number of aromatic nitrogens is 2. The highest BCUT2D eigenvalue weighted by Gasteiger charge is 2.21. The lowest BCUT2D eigenvalue weighted by Gasteiger charge is -2.24. The standard InChI is InChI=1S/C18H19N5O/c19-9-17-18(10-20)23(14-21-17)13-16-12-22(7-4-8-24-16)11-15-5-2-1-3-6-15/h1-3,5-6,14,16H,4,7-8,11-13H2/t16-/m0/s1. The van der Waals surface area contributed by atoms with Crippen LogP contribution in [0.15, 0.2) is 36.7 Å². The summed E-state index contributed by atoms with van der Waals surface area (Å²) < 4.78 is 7.65. The molecular formula is C18H19N5O. The Bertz CT molecular complexity index is 756. The summed E-state index contributed by atoms with van der Waals surface area (Å²) in [6, 6.07) is 14.4. The molecule has 1 aromatic heterocycles. The van der Waals surface area contributed by atoms with Gasteiger partial charge in [0.1, 0.15) is 12.1 Å². The number of imidazole rings is 1. The molecule has 1 saturated heterocycles. The molecule has 2 heterocycles. The SMILES string of the molecule is N#Cc1ncn(C[C@@H]2CN(Cc3ccccc3)CCCO2)c1C#N. The Hall–Kier alpha value is -2.67. The van der Waals surface area contributed by atoms with Gasteiger partial charge < -0.3 is 9.30 Å². The van der Waals surface area contributed by atoms with E-state index in [4.69, 9.17) is 10.00 Å². The van der Waals surface area contributed by atoms with Gasteiger partial charge >= 0.3 is 0 Å². The highest BCUT2D eigenvalue weighted by atomic mass is 16.5. The van der Waals surface area contributed by atoms with Crippen LogP contribution in [0.4, 0.5) is 0 Å². The maximum Gasteiger partial charge on any atom is 0.176 e. The number of benzene rings is 1. The van der Waals surface area contributed by atoms with Gasteiger partial charge in [0, 0.05) is 26.2 Å². The topological polar surface area (TPSA) is 77.9 Å². The van der Waals surface area contributed by atoms with Crippen molar-refractivity contribution >= 4 is 0 Å². The molecule has 3 rings (SSSR count). The third-order valence-electron chi connectivity index (χ3n) is 4.13. The van der Waals surface area contributed by atoms with Crippen molar-refractivity contribution in [1.29, 1.82) is 10.5 Å². The number of rotatable bonds is 4. The van der Waals surface area contributed by atoms with E-state index in [1.165, 1.54) is 5.56 Å². The average molecular weight is 321 g/mol. The van der Waals surface area contributed by atoms with Crippen LogP contribution in [-0.4, -0.2) is 40.3 Å². The lowest BCUT2D eigenvalue weighted by atomic mass is 10.2. The van der Waals surface area contributed by atoms with Crippen molar-refractivity contribution in [3.63, 3.8) is 0 Å². The Morgan fingerprint density at radius 3 is 2.79 bits per heavy atom. The fourth-order valence-corrected chi connectivity index (χ4v) is 3.00. The monoisotopic (exact) mass is 321 g/mol. The molecule has 1 fully saturated rings. The highest BCUT2D eigenvalue weighted by Crippen LogP contribution is 2.14. The molecule has 1 aromatic carbocycles.